The molecule has 2 aromatic rings. The number of fused-ring (bicyclic) bond motifs is 1. The van der Waals surface area contributed by atoms with Gasteiger partial charge in [-0.25, -0.2) is 0 Å². The highest BCUT2D eigenvalue weighted by Gasteiger charge is 2.22. The zero-order chi connectivity index (χ0) is 14.8. The molecule has 0 bridgehead atoms. The minimum absolute atomic E-state index is 0.213. The summed E-state index contributed by atoms with van der Waals surface area (Å²) in [7, 11) is 0. The van der Waals surface area contributed by atoms with Crippen molar-refractivity contribution in [2.24, 2.45) is 0 Å². The Morgan fingerprint density at radius 1 is 1.14 bits per heavy atom. The molecule has 0 aliphatic carbocycles. The summed E-state index contributed by atoms with van der Waals surface area (Å²) < 4.78 is 2.27. The van der Waals surface area contributed by atoms with Crippen LogP contribution in [-0.4, -0.2) is 14.8 Å². The van der Waals surface area contributed by atoms with Crippen LogP contribution in [0.2, 0.25) is 0 Å². The van der Waals surface area contributed by atoms with Crippen LogP contribution in [0.5, 0.6) is 0 Å². The second-order valence-electron chi connectivity index (χ2n) is 5.93. The van der Waals surface area contributed by atoms with Crippen molar-refractivity contribution in [3.05, 3.63) is 47.0 Å². The summed E-state index contributed by atoms with van der Waals surface area (Å²) in [6.07, 6.45) is 3.34. The van der Waals surface area contributed by atoms with E-state index in [9.17, 15) is 0 Å². The van der Waals surface area contributed by atoms with Crippen LogP contribution in [0.3, 0.4) is 0 Å². The smallest absolute Gasteiger partial charge is 0.149 e. The van der Waals surface area contributed by atoms with Crippen molar-refractivity contribution in [3.8, 4) is 0 Å². The minimum Gasteiger partial charge on any atom is -0.314 e. The summed E-state index contributed by atoms with van der Waals surface area (Å²) >= 11 is 0. The van der Waals surface area contributed by atoms with Crippen LogP contribution in [0.4, 0.5) is 0 Å². The Morgan fingerprint density at radius 2 is 1.90 bits per heavy atom. The molecule has 1 aromatic carbocycles. The standard InChI is InChI=1S/C17H24N4/c1-4-14-7-9-15(10-8-14)12(2)18-13(3)17-20-19-16-6-5-11-21(16)17/h7-10,12-13,18H,4-6,11H2,1-3H3. The molecular formula is C17H24N4. The predicted octanol–water partition coefficient (Wildman–Crippen LogP) is 3.20. The summed E-state index contributed by atoms with van der Waals surface area (Å²) in [6, 6.07) is 9.39. The molecule has 0 saturated heterocycles. The largest absolute Gasteiger partial charge is 0.314 e. The van der Waals surface area contributed by atoms with Gasteiger partial charge in [0.15, 0.2) is 0 Å². The molecule has 0 fully saturated rings. The van der Waals surface area contributed by atoms with E-state index in [0.717, 1.165) is 31.0 Å². The van der Waals surface area contributed by atoms with Crippen LogP contribution in [0.15, 0.2) is 24.3 Å². The van der Waals surface area contributed by atoms with E-state index >= 15 is 0 Å². The number of aryl methyl sites for hydroxylation is 2. The molecule has 1 aliphatic rings. The molecule has 21 heavy (non-hydrogen) atoms. The number of hydrogen-bond acceptors (Lipinski definition) is 3. The lowest BCUT2D eigenvalue weighted by molar-refractivity contribution is 0.459. The lowest BCUT2D eigenvalue weighted by Gasteiger charge is -2.20. The Labute approximate surface area is 126 Å². The first kappa shape index (κ1) is 14.3. The van der Waals surface area contributed by atoms with Gasteiger partial charge in [0.05, 0.1) is 6.04 Å². The van der Waals surface area contributed by atoms with E-state index in [-0.39, 0.29) is 6.04 Å². The fourth-order valence-corrected chi connectivity index (χ4v) is 3.08. The van der Waals surface area contributed by atoms with E-state index in [1.54, 1.807) is 0 Å². The molecule has 0 amide bonds. The normalized spacial score (nSPS) is 16.7. The molecule has 2 unspecified atom stereocenters. The Balaban J connectivity index is 1.69. The minimum atomic E-state index is 0.213. The Kier molecular flexibility index (Phi) is 4.06. The van der Waals surface area contributed by atoms with Gasteiger partial charge in [0.25, 0.3) is 0 Å². The second-order valence-corrected chi connectivity index (χ2v) is 5.93. The molecule has 2 atom stereocenters. The quantitative estimate of drug-likeness (QED) is 0.917. The van der Waals surface area contributed by atoms with E-state index in [0.29, 0.717) is 6.04 Å². The number of rotatable bonds is 5. The third kappa shape index (κ3) is 2.86. The van der Waals surface area contributed by atoms with Crippen LogP contribution in [0, 0.1) is 0 Å². The molecule has 0 saturated carbocycles. The van der Waals surface area contributed by atoms with Crippen molar-refractivity contribution in [1.29, 1.82) is 0 Å². The first-order chi connectivity index (χ1) is 10.2. The van der Waals surface area contributed by atoms with Gasteiger partial charge in [-0.05, 0) is 37.8 Å². The molecule has 1 aromatic heterocycles. The highest BCUT2D eigenvalue weighted by atomic mass is 15.3. The molecule has 4 nitrogen and oxygen atoms in total. The van der Waals surface area contributed by atoms with Gasteiger partial charge in [-0.3, -0.25) is 0 Å². The third-order valence-electron chi connectivity index (χ3n) is 4.41. The average Bonchev–Trinajstić information content (AvgIpc) is 3.09. The maximum Gasteiger partial charge on any atom is 0.149 e. The van der Waals surface area contributed by atoms with Gasteiger partial charge < -0.3 is 9.88 Å². The van der Waals surface area contributed by atoms with Crippen molar-refractivity contribution in [2.75, 3.05) is 0 Å². The number of nitrogens with zero attached hydrogens (tertiary/aromatic N) is 3. The number of aromatic nitrogens is 3. The Morgan fingerprint density at radius 3 is 2.62 bits per heavy atom. The average molecular weight is 284 g/mol. The number of hydrogen-bond donors (Lipinski definition) is 1. The van der Waals surface area contributed by atoms with Crippen molar-refractivity contribution in [2.45, 2.75) is 58.7 Å². The van der Waals surface area contributed by atoms with Crippen molar-refractivity contribution in [1.82, 2.24) is 20.1 Å². The van der Waals surface area contributed by atoms with E-state index in [4.69, 9.17) is 0 Å². The maximum atomic E-state index is 4.36. The van der Waals surface area contributed by atoms with Crippen molar-refractivity contribution >= 4 is 0 Å². The SMILES string of the molecule is CCc1ccc(C(C)NC(C)c2nnc3n2CCC3)cc1. The van der Waals surface area contributed by atoms with Crippen LogP contribution >= 0.6 is 0 Å². The van der Waals surface area contributed by atoms with E-state index < -0.39 is 0 Å². The van der Waals surface area contributed by atoms with E-state index in [1.165, 1.54) is 17.5 Å². The van der Waals surface area contributed by atoms with Gasteiger partial charge in [0.2, 0.25) is 0 Å². The molecule has 1 aliphatic heterocycles. The van der Waals surface area contributed by atoms with Gasteiger partial charge >= 0.3 is 0 Å². The monoisotopic (exact) mass is 284 g/mol. The fourth-order valence-electron chi connectivity index (χ4n) is 3.08. The van der Waals surface area contributed by atoms with Crippen molar-refractivity contribution in [3.63, 3.8) is 0 Å². The lowest BCUT2D eigenvalue weighted by Crippen LogP contribution is -2.25. The first-order valence-corrected chi connectivity index (χ1v) is 7.96. The first-order valence-electron chi connectivity index (χ1n) is 7.96. The van der Waals surface area contributed by atoms with Crippen LogP contribution in [-0.2, 0) is 19.4 Å². The van der Waals surface area contributed by atoms with Crippen LogP contribution in [0.25, 0.3) is 0 Å². The summed E-state index contributed by atoms with van der Waals surface area (Å²) in [5, 5.41) is 12.3. The summed E-state index contributed by atoms with van der Waals surface area (Å²) in [5.41, 5.74) is 2.70. The predicted molar refractivity (Wildman–Crippen MR) is 84.1 cm³/mol. The van der Waals surface area contributed by atoms with Gasteiger partial charge in [-0.15, -0.1) is 10.2 Å². The van der Waals surface area contributed by atoms with E-state index in [1.807, 2.05) is 0 Å². The van der Waals surface area contributed by atoms with Crippen LogP contribution < -0.4 is 5.32 Å². The van der Waals surface area contributed by atoms with Crippen molar-refractivity contribution < 1.29 is 0 Å². The summed E-state index contributed by atoms with van der Waals surface area (Å²) in [4.78, 5) is 0. The molecule has 2 heterocycles. The van der Waals surface area contributed by atoms with Gasteiger partial charge in [0, 0.05) is 19.0 Å². The Bertz CT molecular complexity index is 600. The Hall–Kier alpha value is -1.68. The van der Waals surface area contributed by atoms with E-state index in [2.05, 4.69) is 65.1 Å². The lowest BCUT2D eigenvalue weighted by atomic mass is 10.0. The molecule has 0 spiro atoms. The summed E-state index contributed by atoms with van der Waals surface area (Å²) in [6.45, 7) is 7.62. The third-order valence-corrected chi connectivity index (χ3v) is 4.41. The molecule has 112 valence electrons. The number of benzene rings is 1. The molecule has 4 heteroatoms. The van der Waals surface area contributed by atoms with Gasteiger partial charge in [-0.2, -0.15) is 0 Å². The zero-order valence-electron chi connectivity index (χ0n) is 13.1. The molecule has 1 N–H and O–H groups in total. The molecule has 3 rings (SSSR count). The highest BCUT2D eigenvalue weighted by Crippen LogP contribution is 2.22. The highest BCUT2D eigenvalue weighted by molar-refractivity contribution is 5.25. The number of nitrogens with one attached hydrogen (secondary N) is 1. The zero-order valence-corrected chi connectivity index (χ0v) is 13.1. The second kappa shape index (κ2) is 5.98. The van der Waals surface area contributed by atoms with Crippen LogP contribution in [0.1, 0.15) is 62.1 Å². The van der Waals surface area contributed by atoms with Gasteiger partial charge in [-0.1, -0.05) is 31.2 Å². The molecular weight excluding hydrogens is 260 g/mol. The van der Waals surface area contributed by atoms with Gasteiger partial charge in [0.1, 0.15) is 11.6 Å². The maximum absolute atomic E-state index is 4.36. The fraction of sp³-hybridized carbons (Fsp3) is 0.529. The molecule has 0 radical (unpaired) electrons. The summed E-state index contributed by atoms with van der Waals surface area (Å²) in [5.74, 6) is 2.21. The topological polar surface area (TPSA) is 42.7 Å².